The van der Waals surface area contributed by atoms with Crippen LogP contribution in [0.25, 0.3) is 11.3 Å². The average molecular weight is 600 g/mol. The van der Waals surface area contributed by atoms with E-state index in [1.54, 1.807) is 11.5 Å². The molecule has 2 amide bonds. The number of thioether (sulfide) groups is 1. The number of carbonyl (C=O) groups excluding carboxylic acids is 2. The maximum absolute atomic E-state index is 13.0. The minimum Gasteiger partial charge on any atom is -0.477 e. The summed E-state index contributed by atoms with van der Waals surface area (Å²) < 4.78 is 1.93. The third-order valence-corrected chi connectivity index (χ3v) is 8.61. The Kier molecular flexibility index (Phi) is 7.81. The summed E-state index contributed by atoms with van der Waals surface area (Å²) in [6, 6.07) is 2.88. The molecule has 2 atom stereocenters. The number of pyridine rings is 1. The first-order valence-corrected chi connectivity index (χ1v) is 14.5. The van der Waals surface area contributed by atoms with Crippen LogP contribution in [-0.4, -0.2) is 67.7 Å². The Morgan fingerprint density at radius 1 is 1.30 bits per heavy atom. The molecular weight excluding hydrogens is 577 g/mol. The quantitative estimate of drug-likeness (QED) is 0.120. The van der Waals surface area contributed by atoms with Crippen molar-refractivity contribution in [3.8, 4) is 11.3 Å². The summed E-state index contributed by atoms with van der Waals surface area (Å²) in [6.07, 6.45) is 7.34. The van der Waals surface area contributed by atoms with Crippen LogP contribution in [0.2, 0.25) is 0 Å². The van der Waals surface area contributed by atoms with Crippen molar-refractivity contribution < 1.29 is 28.9 Å². The first-order valence-electron chi connectivity index (χ1n) is 11.7. The second kappa shape index (κ2) is 11.4. The largest absolute Gasteiger partial charge is 0.477 e. The van der Waals surface area contributed by atoms with Crippen LogP contribution in [0.15, 0.2) is 63.9 Å². The number of oxime groups is 1. The fourth-order valence-corrected chi connectivity index (χ4v) is 6.64. The molecule has 0 saturated carbocycles. The Bertz CT molecular complexity index is 1580. The van der Waals surface area contributed by atoms with Gasteiger partial charge in [0, 0.05) is 22.6 Å². The number of carboxylic acids is 1. The maximum atomic E-state index is 13.0. The zero-order valence-corrected chi connectivity index (χ0v) is 23.3. The molecule has 5 rings (SSSR count). The number of aromatic nitrogens is 3. The van der Waals surface area contributed by atoms with Crippen molar-refractivity contribution in [3.63, 3.8) is 0 Å². The van der Waals surface area contributed by atoms with Gasteiger partial charge in [0.25, 0.3) is 11.8 Å². The van der Waals surface area contributed by atoms with Crippen LogP contribution in [-0.2, 0) is 25.8 Å². The van der Waals surface area contributed by atoms with Gasteiger partial charge in [-0.15, -0.1) is 34.4 Å². The van der Waals surface area contributed by atoms with Gasteiger partial charge in [0.15, 0.2) is 34.9 Å². The van der Waals surface area contributed by atoms with E-state index < -0.39 is 29.2 Å². The van der Waals surface area contributed by atoms with E-state index in [4.69, 9.17) is 16.3 Å². The minimum atomic E-state index is -1.22. The third-order valence-electron chi connectivity index (χ3n) is 5.96. The number of rotatable bonds is 9. The summed E-state index contributed by atoms with van der Waals surface area (Å²) in [4.78, 5) is 52.4. The number of nitrogens with zero attached hydrogens (tertiary/aromatic N) is 5. The molecule has 0 radical (unpaired) electrons. The number of nitrogen functional groups attached to an aromatic ring is 2. The van der Waals surface area contributed by atoms with Gasteiger partial charge in [-0.05, 0) is 17.7 Å². The number of hydrogen-bond acceptors (Lipinski definition) is 12. The van der Waals surface area contributed by atoms with Gasteiger partial charge in [-0.3, -0.25) is 14.5 Å². The lowest BCUT2D eigenvalue weighted by Gasteiger charge is -2.49. The van der Waals surface area contributed by atoms with Crippen molar-refractivity contribution in [3.05, 3.63) is 64.4 Å². The maximum Gasteiger partial charge on any atom is 0.352 e. The first kappa shape index (κ1) is 27.3. The number of carbonyl (C=O) groups is 3. The summed E-state index contributed by atoms with van der Waals surface area (Å²) in [5, 5.41) is 19.9. The standard InChI is InChI=1S/C24H22N8O5S3/c1-37-30-16(15-11-40-24(26)28-15)19(33)29-17-20(34)32-18(22(35)36)13(9-38-21(17)32)5-3-7-31-6-2-4-12(8-31)14-10-39-23(25)27-14/h2-6,8,10-11,17,21H,7,9H2,1H3,(H5-,25,26,27,28,29,33,35,36)/p+1/b5-3+,30-16-/t17-,21-/m1/s1. The molecule has 2 aliphatic rings. The van der Waals surface area contributed by atoms with Gasteiger partial charge in [0.2, 0.25) is 0 Å². The van der Waals surface area contributed by atoms with Crippen LogP contribution in [0.4, 0.5) is 10.3 Å². The van der Waals surface area contributed by atoms with Gasteiger partial charge in [0.1, 0.15) is 29.9 Å². The Morgan fingerprint density at radius 2 is 2.08 bits per heavy atom. The van der Waals surface area contributed by atoms with Crippen molar-refractivity contribution in [1.82, 2.24) is 20.2 Å². The summed E-state index contributed by atoms with van der Waals surface area (Å²) in [6.45, 7) is 0.466. The number of β-lactam (4-membered cyclic amide) rings is 1. The number of allylic oxidation sites excluding steroid dienone is 2. The first-order chi connectivity index (χ1) is 19.3. The molecule has 13 nitrogen and oxygen atoms in total. The van der Waals surface area contributed by atoms with E-state index in [1.807, 2.05) is 40.5 Å². The van der Waals surface area contributed by atoms with Crippen molar-refractivity contribution in [2.24, 2.45) is 5.16 Å². The highest BCUT2D eigenvalue weighted by Gasteiger charge is 2.54. The second-order valence-corrected chi connectivity index (χ2v) is 11.4. The monoisotopic (exact) mass is 599 g/mol. The smallest absolute Gasteiger partial charge is 0.352 e. The fraction of sp³-hybridized carbons (Fsp3) is 0.208. The SMILES string of the molecule is CO/N=C(\C(=O)N[C@@H]1C(=O)N2C(C(=O)O)=C(/C=C/C[n+]3cccc(-c4csc(N)n4)c3)CS[C@H]12)c1csc(N)n1. The fourth-order valence-electron chi connectivity index (χ4n) is 4.20. The summed E-state index contributed by atoms with van der Waals surface area (Å²) in [5.41, 5.74) is 13.5. The van der Waals surface area contributed by atoms with Gasteiger partial charge >= 0.3 is 5.97 Å². The average Bonchev–Trinajstić information content (AvgIpc) is 3.57. The molecule has 2 aliphatic heterocycles. The Labute approximate surface area is 239 Å². The lowest BCUT2D eigenvalue weighted by Crippen LogP contribution is -2.71. The van der Waals surface area contributed by atoms with Crippen LogP contribution in [0.5, 0.6) is 0 Å². The second-order valence-electron chi connectivity index (χ2n) is 8.50. The molecule has 0 unspecified atom stereocenters. The zero-order valence-electron chi connectivity index (χ0n) is 20.9. The number of anilines is 2. The van der Waals surface area contributed by atoms with E-state index in [0.717, 1.165) is 22.6 Å². The van der Waals surface area contributed by atoms with E-state index in [0.29, 0.717) is 23.0 Å². The number of nitrogens with one attached hydrogen (secondary N) is 1. The van der Waals surface area contributed by atoms with Crippen molar-refractivity contribution in [2.75, 3.05) is 24.3 Å². The molecule has 6 N–H and O–H groups in total. The molecule has 40 heavy (non-hydrogen) atoms. The molecule has 3 aromatic heterocycles. The highest BCUT2D eigenvalue weighted by atomic mass is 32.2. The number of carboxylic acid groups (broad SMARTS) is 1. The molecule has 1 fully saturated rings. The molecule has 0 spiro atoms. The van der Waals surface area contributed by atoms with E-state index in [9.17, 15) is 19.5 Å². The predicted octanol–water partition coefficient (Wildman–Crippen LogP) is 1.06. The van der Waals surface area contributed by atoms with Crippen LogP contribution in [0.3, 0.4) is 0 Å². The normalized spacial score (nSPS) is 19.0. The van der Waals surface area contributed by atoms with Crippen molar-refractivity contribution >= 4 is 68.2 Å². The Hall–Kier alpha value is -4.28. The Balaban J connectivity index is 1.29. The highest BCUT2D eigenvalue weighted by Crippen LogP contribution is 2.40. The van der Waals surface area contributed by atoms with Crippen LogP contribution in [0, 0.1) is 0 Å². The molecule has 5 heterocycles. The number of amides is 2. The van der Waals surface area contributed by atoms with Crippen LogP contribution >= 0.6 is 34.4 Å². The summed E-state index contributed by atoms with van der Waals surface area (Å²) in [7, 11) is 1.28. The van der Waals surface area contributed by atoms with Gasteiger partial charge in [-0.2, -0.15) is 0 Å². The number of fused-ring (bicyclic) bond motifs is 1. The number of thiazole rings is 2. The number of hydrogen-bond donors (Lipinski definition) is 4. The molecule has 0 bridgehead atoms. The van der Waals surface area contributed by atoms with Gasteiger partial charge in [0.05, 0.1) is 11.3 Å². The Morgan fingerprint density at radius 3 is 2.75 bits per heavy atom. The molecular formula is C24H23N8O5S3+. The van der Waals surface area contributed by atoms with Gasteiger partial charge in [-0.1, -0.05) is 11.2 Å². The molecule has 206 valence electrons. The molecule has 16 heteroatoms. The summed E-state index contributed by atoms with van der Waals surface area (Å²) >= 11 is 3.85. The van der Waals surface area contributed by atoms with E-state index >= 15 is 0 Å². The lowest BCUT2D eigenvalue weighted by molar-refractivity contribution is -0.686. The predicted molar refractivity (Wildman–Crippen MR) is 151 cm³/mol. The molecule has 1 saturated heterocycles. The number of nitrogens with two attached hydrogens (primary N) is 2. The van der Waals surface area contributed by atoms with E-state index in [2.05, 4.69) is 20.4 Å². The highest BCUT2D eigenvalue weighted by molar-refractivity contribution is 8.00. The van der Waals surface area contributed by atoms with Crippen molar-refractivity contribution in [1.29, 1.82) is 0 Å². The van der Waals surface area contributed by atoms with Gasteiger partial charge < -0.3 is 26.7 Å². The summed E-state index contributed by atoms with van der Waals surface area (Å²) in [5.74, 6) is -2.10. The van der Waals surface area contributed by atoms with Gasteiger partial charge in [-0.25, -0.2) is 19.3 Å². The molecule has 0 aliphatic carbocycles. The van der Waals surface area contributed by atoms with Crippen molar-refractivity contribution in [2.45, 2.75) is 18.0 Å². The third kappa shape index (κ3) is 5.41. The van der Waals surface area contributed by atoms with Crippen LogP contribution in [0.1, 0.15) is 5.69 Å². The van der Waals surface area contributed by atoms with E-state index in [-0.39, 0.29) is 22.2 Å². The zero-order chi connectivity index (χ0) is 28.4. The lowest BCUT2D eigenvalue weighted by atomic mass is 10.0. The molecule has 3 aromatic rings. The number of aliphatic carboxylic acids is 1. The van der Waals surface area contributed by atoms with E-state index in [1.165, 1.54) is 35.1 Å². The topological polar surface area (TPSA) is 190 Å². The molecule has 0 aromatic carbocycles. The van der Waals surface area contributed by atoms with Crippen LogP contribution < -0.4 is 21.4 Å². The minimum absolute atomic E-state index is 0.106.